The van der Waals surface area contributed by atoms with Crippen molar-refractivity contribution in [1.29, 1.82) is 0 Å². The highest BCUT2D eigenvalue weighted by Crippen LogP contribution is 2.20. The summed E-state index contributed by atoms with van der Waals surface area (Å²) >= 11 is 0. The van der Waals surface area contributed by atoms with Crippen molar-refractivity contribution in [3.63, 3.8) is 0 Å². The number of aromatic nitrogens is 2. The van der Waals surface area contributed by atoms with Crippen molar-refractivity contribution in [2.24, 2.45) is 5.92 Å². The molecule has 0 spiro atoms. The molecule has 5 nitrogen and oxygen atoms in total. The smallest absolute Gasteiger partial charge is 0.226 e. The van der Waals surface area contributed by atoms with Crippen molar-refractivity contribution >= 4 is 0 Å². The van der Waals surface area contributed by atoms with Crippen LogP contribution < -0.4 is 0 Å². The van der Waals surface area contributed by atoms with Crippen molar-refractivity contribution in [2.75, 3.05) is 13.1 Å². The number of aliphatic hydroxyl groups excluding tert-OH is 1. The van der Waals surface area contributed by atoms with E-state index >= 15 is 0 Å². The average molecular weight is 253 g/mol. The van der Waals surface area contributed by atoms with E-state index in [4.69, 9.17) is 4.52 Å². The zero-order valence-electron chi connectivity index (χ0n) is 11.3. The zero-order chi connectivity index (χ0) is 13.0. The first-order valence-electron chi connectivity index (χ1n) is 6.91. The number of unbranched alkanes of at least 4 members (excludes halogenated alkanes) is 1. The van der Waals surface area contributed by atoms with E-state index in [1.165, 1.54) is 0 Å². The Labute approximate surface area is 108 Å². The van der Waals surface area contributed by atoms with E-state index in [1.807, 2.05) is 6.92 Å². The highest BCUT2D eigenvalue weighted by atomic mass is 16.5. The molecular formula is C13H23N3O2. The predicted molar refractivity (Wildman–Crippen MR) is 68.0 cm³/mol. The van der Waals surface area contributed by atoms with Crippen LogP contribution in [0.4, 0.5) is 0 Å². The van der Waals surface area contributed by atoms with E-state index < -0.39 is 0 Å². The fourth-order valence-corrected chi connectivity index (χ4v) is 2.38. The van der Waals surface area contributed by atoms with Gasteiger partial charge in [0, 0.05) is 13.0 Å². The maximum absolute atomic E-state index is 9.56. The molecule has 18 heavy (non-hydrogen) atoms. The SMILES string of the molecule is CCCCc1nc(CN2CCC(C(C)O)C2)no1. The molecule has 0 radical (unpaired) electrons. The van der Waals surface area contributed by atoms with E-state index in [0.29, 0.717) is 5.92 Å². The second kappa shape index (κ2) is 6.29. The second-order valence-electron chi connectivity index (χ2n) is 5.23. The third-order valence-electron chi connectivity index (χ3n) is 3.61. The molecule has 1 aromatic rings. The molecule has 1 fully saturated rings. The van der Waals surface area contributed by atoms with Gasteiger partial charge in [0.1, 0.15) is 0 Å². The van der Waals surface area contributed by atoms with Crippen molar-refractivity contribution in [3.05, 3.63) is 11.7 Å². The highest BCUT2D eigenvalue weighted by molar-refractivity contribution is 4.89. The fourth-order valence-electron chi connectivity index (χ4n) is 2.38. The molecule has 0 amide bonds. The summed E-state index contributed by atoms with van der Waals surface area (Å²) in [5.74, 6) is 1.90. The van der Waals surface area contributed by atoms with Crippen LogP contribution in [0.15, 0.2) is 4.52 Å². The van der Waals surface area contributed by atoms with Crippen molar-refractivity contribution < 1.29 is 9.63 Å². The van der Waals surface area contributed by atoms with E-state index in [0.717, 1.165) is 57.0 Å². The lowest BCUT2D eigenvalue weighted by molar-refractivity contribution is 0.127. The summed E-state index contributed by atoms with van der Waals surface area (Å²) in [7, 11) is 0. The van der Waals surface area contributed by atoms with Crippen LogP contribution in [0.1, 0.15) is 44.8 Å². The van der Waals surface area contributed by atoms with Crippen molar-refractivity contribution in [2.45, 2.75) is 52.2 Å². The standard InChI is InChI=1S/C13H23N3O2/c1-3-4-5-13-14-12(15-18-13)9-16-7-6-11(8-16)10(2)17/h10-11,17H,3-9H2,1-2H3. The van der Waals surface area contributed by atoms with Crippen molar-refractivity contribution in [3.8, 4) is 0 Å². The largest absolute Gasteiger partial charge is 0.393 e. The van der Waals surface area contributed by atoms with Crippen LogP contribution in [0.5, 0.6) is 0 Å². The minimum atomic E-state index is -0.222. The summed E-state index contributed by atoms with van der Waals surface area (Å²) in [6.45, 7) is 6.69. The third-order valence-corrected chi connectivity index (χ3v) is 3.61. The normalized spacial score (nSPS) is 22.5. The van der Waals surface area contributed by atoms with Gasteiger partial charge in [0.25, 0.3) is 0 Å². The average Bonchev–Trinajstić information content (AvgIpc) is 2.96. The quantitative estimate of drug-likeness (QED) is 0.834. The van der Waals surface area contributed by atoms with Crippen LogP contribution >= 0.6 is 0 Å². The molecule has 1 aromatic heterocycles. The van der Waals surface area contributed by atoms with Crippen LogP contribution in [-0.2, 0) is 13.0 Å². The molecule has 102 valence electrons. The Hall–Kier alpha value is -0.940. The molecule has 0 bridgehead atoms. The molecule has 2 heterocycles. The van der Waals surface area contributed by atoms with Crippen LogP contribution in [0, 0.1) is 5.92 Å². The summed E-state index contributed by atoms with van der Waals surface area (Å²) in [6.07, 6.45) is 3.94. The summed E-state index contributed by atoms with van der Waals surface area (Å²) < 4.78 is 5.21. The van der Waals surface area contributed by atoms with E-state index in [9.17, 15) is 5.11 Å². The van der Waals surface area contributed by atoms with Gasteiger partial charge in [-0.25, -0.2) is 0 Å². The van der Waals surface area contributed by atoms with Gasteiger partial charge in [0.15, 0.2) is 5.82 Å². The lowest BCUT2D eigenvalue weighted by Gasteiger charge is -2.15. The summed E-state index contributed by atoms with van der Waals surface area (Å²) in [4.78, 5) is 6.68. The Bertz CT molecular complexity index is 365. The first-order valence-corrected chi connectivity index (χ1v) is 6.91. The van der Waals surface area contributed by atoms with Gasteiger partial charge in [-0.3, -0.25) is 4.90 Å². The highest BCUT2D eigenvalue weighted by Gasteiger charge is 2.26. The monoisotopic (exact) mass is 253 g/mol. The van der Waals surface area contributed by atoms with Gasteiger partial charge in [-0.05, 0) is 32.2 Å². The van der Waals surface area contributed by atoms with Gasteiger partial charge < -0.3 is 9.63 Å². The van der Waals surface area contributed by atoms with E-state index in [2.05, 4.69) is 22.0 Å². The zero-order valence-corrected chi connectivity index (χ0v) is 11.3. The molecule has 1 aliphatic rings. The van der Waals surface area contributed by atoms with Crippen LogP contribution in [0.25, 0.3) is 0 Å². The molecule has 2 unspecified atom stereocenters. The third kappa shape index (κ3) is 3.53. The Morgan fingerprint density at radius 1 is 1.56 bits per heavy atom. The minimum Gasteiger partial charge on any atom is -0.393 e. The Morgan fingerprint density at radius 3 is 3.06 bits per heavy atom. The molecule has 0 saturated carbocycles. The molecule has 0 aliphatic carbocycles. The van der Waals surface area contributed by atoms with Gasteiger partial charge in [-0.2, -0.15) is 4.98 Å². The predicted octanol–water partition coefficient (Wildman–Crippen LogP) is 1.61. The van der Waals surface area contributed by atoms with Gasteiger partial charge in [-0.1, -0.05) is 18.5 Å². The number of hydrogen-bond acceptors (Lipinski definition) is 5. The molecular weight excluding hydrogens is 230 g/mol. The number of likely N-dealkylation sites (tertiary alicyclic amines) is 1. The fraction of sp³-hybridized carbons (Fsp3) is 0.846. The summed E-state index contributed by atoms with van der Waals surface area (Å²) in [6, 6.07) is 0. The van der Waals surface area contributed by atoms with Crippen molar-refractivity contribution in [1.82, 2.24) is 15.0 Å². The Balaban J connectivity index is 1.81. The number of rotatable bonds is 6. The van der Waals surface area contributed by atoms with Gasteiger partial charge in [0.2, 0.25) is 5.89 Å². The first-order chi connectivity index (χ1) is 8.69. The van der Waals surface area contributed by atoms with Crippen LogP contribution in [-0.4, -0.2) is 39.3 Å². The number of aliphatic hydroxyl groups is 1. The second-order valence-corrected chi connectivity index (χ2v) is 5.23. The first kappa shape index (κ1) is 13.5. The summed E-state index contributed by atoms with van der Waals surface area (Å²) in [5, 5.41) is 13.6. The molecule has 5 heteroatoms. The molecule has 2 rings (SSSR count). The maximum atomic E-state index is 9.56. The van der Waals surface area contributed by atoms with E-state index in [-0.39, 0.29) is 6.10 Å². The Kier molecular flexibility index (Phi) is 4.72. The molecule has 2 atom stereocenters. The molecule has 1 saturated heterocycles. The topological polar surface area (TPSA) is 62.4 Å². The van der Waals surface area contributed by atoms with Gasteiger partial charge in [0.05, 0.1) is 12.6 Å². The molecule has 1 aliphatic heterocycles. The lowest BCUT2D eigenvalue weighted by atomic mass is 10.0. The maximum Gasteiger partial charge on any atom is 0.226 e. The van der Waals surface area contributed by atoms with Crippen LogP contribution in [0.2, 0.25) is 0 Å². The molecule has 0 aromatic carbocycles. The van der Waals surface area contributed by atoms with Crippen LogP contribution in [0.3, 0.4) is 0 Å². The van der Waals surface area contributed by atoms with E-state index in [1.54, 1.807) is 0 Å². The number of aryl methyl sites for hydroxylation is 1. The molecule has 1 N–H and O–H groups in total. The Morgan fingerprint density at radius 2 is 2.39 bits per heavy atom. The lowest BCUT2D eigenvalue weighted by Crippen LogP contribution is -2.24. The number of nitrogens with zero attached hydrogens (tertiary/aromatic N) is 3. The minimum absolute atomic E-state index is 0.222. The summed E-state index contributed by atoms with van der Waals surface area (Å²) in [5.41, 5.74) is 0. The van der Waals surface area contributed by atoms with Gasteiger partial charge in [-0.15, -0.1) is 0 Å². The number of hydrogen-bond donors (Lipinski definition) is 1. The van der Waals surface area contributed by atoms with Gasteiger partial charge >= 0.3 is 0 Å².